The standard InChI is InChI=1S/C16H22N4O4S/c1-13-4-3-5-14(10-13)20(25(2,23)24)12-16(22)19(8-9-21)11-15-17-6-7-18-15/h3-7,10,21H,8-9,11-12H2,1-2H3,(H,17,18). The van der Waals surface area contributed by atoms with Gasteiger partial charge in [-0.05, 0) is 24.6 Å². The summed E-state index contributed by atoms with van der Waals surface area (Å²) in [6.45, 7) is 1.53. The molecule has 1 aromatic carbocycles. The molecule has 0 aliphatic carbocycles. The van der Waals surface area contributed by atoms with Crippen molar-refractivity contribution in [1.82, 2.24) is 14.9 Å². The van der Waals surface area contributed by atoms with Crippen molar-refractivity contribution < 1.29 is 18.3 Å². The van der Waals surface area contributed by atoms with Crippen LogP contribution >= 0.6 is 0 Å². The lowest BCUT2D eigenvalue weighted by Gasteiger charge is -2.27. The first-order valence-corrected chi connectivity index (χ1v) is 9.57. The van der Waals surface area contributed by atoms with E-state index in [2.05, 4.69) is 9.97 Å². The fraction of sp³-hybridized carbons (Fsp3) is 0.375. The zero-order valence-corrected chi connectivity index (χ0v) is 15.0. The van der Waals surface area contributed by atoms with Gasteiger partial charge in [0.25, 0.3) is 0 Å². The van der Waals surface area contributed by atoms with Crippen LogP contribution in [0.4, 0.5) is 5.69 Å². The lowest BCUT2D eigenvalue weighted by Crippen LogP contribution is -2.43. The molecule has 136 valence electrons. The average Bonchev–Trinajstić information content (AvgIpc) is 3.04. The van der Waals surface area contributed by atoms with E-state index in [0.717, 1.165) is 16.1 Å². The lowest BCUT2D eigenvalue weighted by atomic mass is 10.2. The number of anilines is 1. The van der Waals surface area contributed by atoms with Crippen molar-refractivity contribution >= 4 is 21.6 Å². The topological polar surface area (TPSA) is 107 Å². The van der Waals surface area contributed by atoms with E-state index >= 15 is 0 Å². The van der Waals surface area contributed by atoms with Gasteiger partial charge < -0.3 is 15.0 Å². The molecule has 0 saturated carbocycles. The van der Waals surface area contributed by atoms with Crippen LogP contribution in [0.15, 0.2) is 36.7 Å². The van der Waals surface area contributed by atoms with Crippen LogP contribution < -0.4 is 4.31 Å². The summed E-state index contributed by atoms with van der Waals surface area (Å²) in [6, 6.07) is 6.93. The van der Waals surface area contributed by atoms with Gasteiger partial charge in [0.2, 0.25) is 15.9 Å². The number of hydrogen-bond acceptors (Lipinski definition) is 5. The molecule has 9 heteroatoms. The third-order valence-electron chi connectivity index (χ3n) is 3.59. The summed E-state index contributed by atoms with van der Waals surface area (Å²) in [5, 5.41) is 9.21. The summed E-state index contributed by atoms with van der Waals surface area (Å²) in [7, 11) is -3.64. The maximum atomic E-state index is 12.6. The number of aromatic nitrogens is 2. The third-order valence-corrected chi connectivity index (χ3v) is 4.73. The van der Waals surface area contributed by atoms with Crippen LogP contribution in [0.1, 0.15) is 11.4 Å². The molecule has 1 amide bonds. The largest absolute Gasteiger partial charge is 0.395 e. The zero-order valence-electron chi connectivity index (χ0n) is 14.2. The van der Waals surface area contributed by atoms with Gasteiger partial charge in [0.1, 0.15) is 12.4 Å². The van der Waals surface area contributed by atoms with E-state index in [1.54, 1.807) is 30.6 Å². The molecular formula is C16H22N4O4S. The van der Waals surface area contributed by atoms with E-state index in [4.69, 9.17) is 0 Å². The van der Waals surface area contributed by atoms with Crippen molar-refractivity contribution in [2.24, 2.45) is 0 Å². The minimum absolute atomic E-state index is 0.0882. The number of rotatable bonds is 8. The quantitative estimate of drug-likeness (QED) is 0.708. The smallest absolute Gasteiger partial charge is 0.243 e. The van der Waals surface area contributed by atoms with Gasteiger partial charge in [0, 0.05) is 18.9 Å². The molecule has 1 aromatic heterocycles. The molecule has 0 saturated heterocycles. The van der Waals surface area contributed by atoms with Gasteiger partial charge in [-0.2, -0.15) is 0 Å². The average molecular weight is 366 g/mol. The summed E-state index contributed by atoms with van der Waals surface area (Å²) in [4.78, 5) is 21.0. The van der Waals surface area contributed by atoms with Gasteiger partial charge in [-0.25, -0.2) is 13.4 Å². The minimum atomic E-state index is -3.64. The molecule has 0 aliphatic heterocycles. The Labute approximate surface area is 147 Å². The van der Waals surface area contributed by atoms with Crippen molar-refractivity contribution in [2.45, 2.75) is 13.5 Å². The fourth-order valence-electron chi connectivity index (χ4n) is 2.38. The summed E-state index contributed by atoms with van der Waals surface area (Å²) in [5.41, 5.74) is 1.32. The Morgan fingerprint density at radius 1 is 1.36 bits per heavy atom. The van der Waals surface area contributed by atoms with Crippen molar-refractivity contribution in [3.05, 3.63) is 48.0 Å². The normalized spacial score (nSPS) is 11.3. The second-order valence-corrected chi connectivity index (χ2v) is 7.59. The van der Waals surface area contributed by atoms with Crippen LogP contribution in [0.3, 0.4) is 0 Å². The highest BCUT2D eigenvalue weighted by molar-refractivity contribution is 7.92. The Morgan fingerprint density at radius 2 is 2.12 bits per heavy atom. The highest BCUT2D eigenvalue weighted by Gasteiger charge is 2.24. The Hall–Kier alpha value is -2.39. The molecule has 0 aliphatic rings. The second-order valence-electron chi connectivity index (χ2n) is 5.68. The molecule has 0 radical (unpaired) electrons. The number of carbonyl (C=O) groups is 1. The van der Waals surface area contributed by atoms with Gasteiger partial charge >= 0.3 is 0 Å². The number of aliphatic hydroxyl groups excluding tert-OH is 1. The number of H-pyrrole nitrogens is 1. The molecule has 25 heavy (non-hydrogen) atoms. The number of aryl methyl sites for hydroxylation is 1. The highest BCUT2D eigenvalue weighted by Crippen LogP contribution is 2.19. The fourth-order valence-corrected chi connectivity index (χ4v) is 3.23. The van der Waals surface area contributed by atoms with Crippen LogP contribution in [0, 0.1) is 6.92 Å². The number of benzene rings is 1. The van der Waals surface area contributed by atoms with Gasteiger partial charge in [0.05, 0.1) is 25.1 Å². The maximum absolute atomic E-state index is 12.6. The molecular weight excluding hydrogens is 344 g/mol. The minimum Gasteiger partial charge on any atom is -0.395 e. The number of sulfonamides is 1. The molecule has 2 aromatic rings. The summed E-state index contributed by atoms with van der Waals surface area (Å²) >= 11 is 0. The maximum Gasteiger partial charge on any atom is 0.243 e. The summed E-state index contributed by atoms with van der Waals surface area (Å²) in [6.07, 6.45) is 4.25. The van der Waals surface area contributed by atoms with Crippen LogP contribution in [-0.4, -0.2) is 60.3 Å². The predicted octanol–water partition coefficient (Wildman–Crippen LogP) is 0.505. The van der Waals surface area contributed by atoms with E-state index in [-0.39, 0.29) is 26.2 Å². The number of nitrogens with zero attached hydrogens (tertiary/aromatic N) is 3. The molecule has 1 heterocycles. The second kappa shape index (κ2) is 8.13. The first-order chi connectivity index (χ1) is 11.8. The number of aliphatic hydroxyl groups is 1. The molecule has 0 atom stereocenters. The first kappa shape index (κ1) is 18.9. The van der Waals surface area contributed by atoms with E-state index in [1.165, 1.54) is 4.90 Å². The van der Waals surface area contributed by atoms with Gasteiger partial charge in [0.15, 0.2) is 0 Å². The SMILES string of the molecule is Cc1cccc(N(CC(=O)N(CCO)Cc2ncc[nH]2)S(C)(=O)=O)c1. The van der Waals surface area contributed by atoms with E-state index in [9.17, 15) is 18.3 Å². The van der Waals surface area contributed by atoms with E-state index in [0.29, 0.717) is 11.5 Å². The number of carbonyl (C=O) groups excluding carboxylic acids is 1. The first-order valence-electron chi connectivity index (χ1n) is 7.72. The highest BCUT2D eigenvalue weighted by atomic mass is 32.2. The Bertz CT molecular complexity index is 805. The molecule has 0 bridgehead atoms. The van der Waals surface area contributed by atoms with Gasteiger partial charge in [-0.1, -0.05) is 12.1 Å². The molecule has 0 spiro atoms. The zero-order chi connectivity index (χ0) is 18.4. The van der Waals surface area contributed by atoms with Gasteiger partial charge in [-0.3, -0.25) is 9.10 Å². The molecule has 8 nitrogen and oxygen atoms in total. The number of aromatic amines is 1. The van der Waals surface area contributed by atoms with Gasteiger partial charge in [-0.15, -0.1) is 0 Å². The Kier molecular flexibility index (Phi) is 6.16. The van der Waals surface area contributed by atoms with E-state index < -0.39 is 15.9 Å². The number of amides is 1. The van der Waals surface area contributed by atoms with Crippen LogP contribution in [0.2, 0.25) is 0 Å². The lowest BCUT2D eigenvalue weighted by molar-refractivity contribution is -0.130. The predicted molar refractivity (Wildman–Crippen MR) is 94.5 cm³/mol. The van der Waals surface area contributed by atoms with Crippen molar-refractivity contribution in [3.8, 4) is 0 Å². The number of imidazole rings is 1. The third kappa shape index (κ3) is 5.30. The Balaban J connectivity index is 2.22. The van der Waals surface area contributed by atoms with Crippen molar-refractivity contribution in [2.75, 3.05) is 30.3 Å². The Morgan fingerprint density at radius 3 is 2.68 bits per heavy atom. The van der Waals surface area contributed by atoms with Crippen LogP contribution in [0.5, 0.6) is 0 Å². The molecule has 2 rings (SSSR count). The van der Waals surface area contributed by atoms with Crippen LogP contribution in [0.25, 0.3) is 0 Å². The molecule has 0 fully saturated rings. The summed E-state index contributed by atoms with van der Waals surface area (Å²) in [5.74, 6) is 0.139. The van der Waals surface area contributed by atoms with E-state index in [1.807, 2.05) is 13.0 Å². The number of nitrogens with one attached hydrogen (secondary N) is 1. The van der Waals surface area contributed by atoms with Crippen molar-refractivity contribution in [1.29, 1.82) is 0 Å². The number of hydrogen-bond donors (Lipinski definition) is 2. The summed E-state index contributed by atoms with van der Waals surface area (Å²) < 4.78 is 25.4. The molecule has 0 unspecified atom stereocenters. The molecule has 2 N–H and O–H groups in total. The monoisotopic (exact) mass is 366 g/mol. The van der Waals surface area contributed by atoms with Crippen molar-refractivity contribution in [3.63, 3.8) is 0 Å². The van der Waals surface area contributed by atoms with Crippen LogP contribution in [-0.2, 0) is 21.4 Å².